The number of halogens is 1. The molecule has 1 aromatic carbocycles. The highest BCUT2D eigenvalue weighted by Crippen LogP contribution is 2.32. The maximum absolute atomic E-state index is 5.88. The van der Waals surface area contributed by atoms with E-state index in [0.29, 0.717) is 0 Å². The van der Waals surface area contributed by atoms with Crippen molar-refractivity contribution in [1.29, 1.82) is 0 Å². The fraction of sp³-hybridized carbons (Fsp3) is 0.571. The summed E-state index contributed by atoms with van der Waals surface area (Å²) < 4.78 is 0. The van der Waals surface area contributed by atoms with Gasteiger partial charge in [-0.1, -0.05) is 30.7 Å². The molecule has 0 saturated heterocycles. The summed E-state index contributed by atoms with van der Waals surface area (Å²) in [4.78, 5) is 0. The summed E-state index contributed by atoms with van der Waals surface area (Å²) in [6.07, 6.45) is 4.02. The molecule has 2 unspecified atom stereocenters. The van der Waals surface area contributed by atoms with Crippen LogP contribution >= 0.6 is 23.4 Å². The van der Waals surface area contributed by atoms with Gasteiger partial charge in [0.15, 0.2) is 0 Å². The van der Waals surface area contributed by atoms with Crippen LogP contribution in [0.2, 0.25) is 5.02 Å². The molecule has 1 aliphatic rings. The van der Waals surface area contributed by atoms with E-state index < -0.39 is 0 Å². The van der Waals surface area contributed by atoms with Crippen molar-refractivity contribution >= 4 is 23.4 Å². The molecule has 1 fully saturated rings. The first-order chi connectivity index (χ1) is 8.28. The number of nitrogens with one attached hydrogen (secondary N) is 1. The third-order valence-corrected chi connectivity index (χ3v) is 4.93. The van der Waals surface area contributed by atoms with Crippen molar-refractivity contribution in [2.45, 2.75) is 43.2 Å². The molecule has 94 valence electrons. The molecule has 1 nitrogen and oxygen atoms in total. The average molecular weight is 270 g/mol. The van der Waals surface area contributed by atoms with Crippen LogP contribution in [0.5, 0.6) is 0 Å². The normalized spacial score (nSPS) is 24.1. The van der Waals surface area contributed by atoms with Crippen molar-refractivity contribution in [1.82, 2.24) is 5.32 Å². The van der Waals surface area contributed by atoms with Gasteiger partial charge >= 0.3 is 0 Å². The number of rotatable bonds is 5. The second kappa shape index (κ2) is 6.67. The summed E-state index contributed by atoms with van der Waals surface area (Å²) in [6.45, 7) is 3.29. The minimum absolute atomic E-state index is 0.753. The van der Waals surface area contributed by atoms with E-state index in [9.17, 15) is 0 Å². The molecule has 17 heavy (non-hydrogen) atoms. The Kier molecular flexibility index (Phi) is 5.20. The zero-order chi connectivity index (χ0) is 12.1. The van der Waals surface area contributed by atoms with E-state index in [-0.39, 0.29) is 0 Å². The fourth-order valence-electron chi connectivity index (χ4n) is 2.36. The van der Waals surface area contributed by atoms with Crippen LogP contribution in [0.25, 0.3) is 0 Å². The molecule has 0 bridgehead atoms. The Morgan fingerprint density at radius 1 is 1.29 bits per heavy atom. The molecule has 0 heterocycles. The summed E-state index contributed by atoms with van der Waals surface area (Å²) in [5, 5.41) is 5.20. The third-order valence-electron chi connectivity index (χ3n) is 3.28. The molecule has 0 aromatic heterocycles. The number of hydrogen-bond donors (Lipinski definition) is 1. The van der Waals surface area contributed by atoms with E-state index >= 15 is 0 Å². The number of benzene rings is 1. The van der Waals surface area contributed by atoms with E-state index in [1.165, 1.54) is 24.8 Å². The monoisotopic (exact) mass is 269 g/mol. The SMILES string of the molecule is CCNC1CCC(SCc2ccc(Cl)cc2)C1. The van der Waals surface area contributed by atoms with Gasteiger partial charge in [0, 0.05) is 22.1 Å². The lowest BCUT2D eigenvalue weighted by atomic mass is 10.2. The fourth-order valence-corrected chi connectivity index (χ4v) is 3.78. The van der Waals surface area contributed by atoms with Crippen LogP contribution in [0.3, 0.4) is 0 Å². The summed E-state index contributed by atoms with van der Waals surface area (Å²) in [5.41, 5.74) is 1.38. The Labute approximate surface area is 113 Å². The van der Waals surface area contributed by atoms with Gasteiger partial charge in [0.2, 0.25) is 0 Å². The highest BCUT2D eigenvalue weighted by Gasteiger charge is 2.23. The second-order valence-electron chi connectivity index (χ2n) is 4.63. The predicted octanol–water partition coefficient (Wildman–Crippen LogP) is 4.10. The summed E-state index contributed by atoms with van der Waals surface area (Å²) in [6, 6.07) is 8.97. The Morgan fingerprint density at radius 3 is 2.76 bits per heavy atom. The molecule has 2 rings (SSSR count). The Bertz CT molecular complexity index is 339. The Hall–Kier alpha value is -0.180. The van der Waals surface area contributed by atoms with Gasteiger partial charge in [0.1, 0.15) is 0 Å². The van der Waals surface area contributed by atoms with Gasteiger partial charge in [-0.2, -0.15) is 11.8 Å². The van der Waals surface area contributed by atoms with Crippen LogP contribution in [0, 0.1) is 0 Å². The molecule has 1 aliphatic carbocycles. The van der Waals surface area contributed by atoms with Gasteiger partial charge in [-0.05, 0) is 43.5 Å². The van der Waals surface area contributed by atoms with Crippen LogP contribution in [0.4, 0.5) is 0 Å². The molecule has 3 heteroatoms. The highest BCUT2D eigenvalue weighted by atomic mass is 35.5. The quantitative estimate of drug-likeness (QED) is 0.864. The van der Waals surface area contributed by atoms with Gasteiger partial charge < -0.3 is 5.32 Å². The molecule has 1 saturated carbocycles. The lowest BCUT2D eigenvalue weighted by Gasteiger charge is -2.11. The van der Waals surface area contributed by atoms with Crippen LogP contribution in [-0.2, 0) is 5.75 Å². The summed E-state index contributed by atoms with van der Waals surface area (Å²) in [7, 11) is 0. The van der Waals surface area contributed by atoms with Crippen LogP contribution in [-0.4, -0.2) is 17.8 Å². The number of hydrogen-bond acceptors (Lipinski definition) is 2. The minimum Gasteiger partial charge on any atom is -0.314 e. The Morgan fingerprint density at radius 2 is 2.06 bits per heavy atom. The third kappa shape index (κ3) is 4.20. The minimum atomic E-state index is 0.753. The first-order valence-electron chi connectivity index (χ1n) is 6.37. The lowest BCUT2D eigenvalue weighted by Crippen LogP contribution is -2.26. The molecule has 0 spiro atoms. The van der Waals surface area contributed by atoms with Crippen molar-refractivity contribution in [3.63, 3.8) is 0 Å². The van der Waals surface area contributed by atoms with Gasteiger partial charge in [-0.15, -0.1) is 0 Å². The smallest absolute Gasteiger partial charge is 0.0406 e. The van der Waals surface area contributed by atoms with Gasteiger partial charge in [-0.25, -0.2) is 0 Å². The largest absolute Gasteiger partial charge is 0.314 e. The zero-order valence-corrected chi connectivity index (χ0v) is 11.9. The molecule has 0 amide bonds. The molecule has 0 radical (unpaired) electrons. The summed E-state index contributed by atoms with van der Waals surface area (Å²) >= 11 is 7.97. The number of thioether (sulfide) groups is 1. The average Bonchev–Trinajstić information content (AvgIpc) is 2.77. The van der Waals surface area contributed by atoms with Crippen molar-refractivity contribution in [2.75, 3.05) is 6.54 Å². The van der Waals surface area contributed by atoms with Crippen molar-refractivity contribution in [3.05, 3.63) is 34.9 Å². The van der Waals surface area contributed by atoms with Gasteiger partial charge in [-0.3, -0.25) is 0 Å². The maximum Gasteiger partial charge on any atom is 0.0406 e. The first kappa shape index (κ1) is 13.3. The van der Waals surface area contributed by atoms with Crippen molar-refractivity contribution < 1.29 is 0 Å². The molecular weight excluding hydrogens is 250 g/mol. The predicted molar refractivity (Wildman–Crippen MR) is 77.9 cm³/mol. The Balaban J connectivity index is 1.74. The molecule has 1 N–H and O–H groups in total. The molecular formula is C14H20ClNS. The van der Waals surface area contributed by atoms with E-state index in [0.717, 1.165) is 28.6 Å². The van der Waals surface area contributed by atoms with E-state index in [1.807, 2.05) is 12.1 Å². The molecule has 1 aromatic rings. The second-order valence-corrected chi connectivity index (χ2v) is 6.35. The zero-order valence-electron chi connectivity index (χ0n) is 10.3. The summed E-state index contributed by atoms with van der Waals surface area (Å²) in [5.74, 6) is 1.11. The topological polar surface area (TPSA) is 12.0 Å². The standard InChI is InChI=1S/C14H20ClNS/c1-2-16-13-7-8-14(9-13)17-10-11-3-5-12(15)6-4-11/h3-6,13-14,16H,2,7-10H2,1H3. The van der Waals surface area contributed by atoms with Crippen LogP contribution in [0.15, 0.2) is 24.3 Å². The van der Waals surface area contributed by atoms with E-state index in [4.69, 9.17) is 11.6 Å². The molecule has 2 atom stereocenters. The van der Waals surface area contributed by atoms with Crippen LogP contribution in [0.1, 0.15) is 31.7 Å². The molecule has 0 aliphatic heterocycles. The van der Waals surface area contributed by atoms with E-state index in [1.54, 1.807) is 0 Å². The van der Waals surface area contributed by atoms with Gasteiger partial charge in [0.25, 0.3) is 0 Å². The van der Waals surface area contributed by atoms with Crippen LogP contribution < -0.4 is 5.32 Å². The van der Waals surface area contributed by atoms with Gasteiger partial charge in [0.05, 0.1) is 0 Å². The van der Waals surface area contributed by atoms with Crippen molar-refractivity contribution in [3.8, 4) is 0 Å². The first-order valence-corrected chi connectivity index (χ1v) is 7.80. The van der Waals surface area contributed by atoms with Crippen molar-refractivity contribution in [2.24, 2.45) is 0 Å². The lowest BCUT2D eigenvalue weighted by molar-refractivity contribution is 0.543. The highest BCUT2D eigenvalue weighted by molar-refractivity contribution is 7.99. The maximum atomic E-state index is 5.88. The van der Waals surface area contributed by atoms with E-state index in [2.05, 4.69) is 36.1 Å².